The van der Waals surface area contributed by atoms with Crippen molar-refractivity contribution in [2.75, 3.05) is 5.75 Å². The normalized spacial score (nSPS) is 22.8. The van der Waals surface area contributed by atoms with E-state index in [9.17, 15) is 27.6 Å². The number of carbonyl (C=O) groups is 3. The van der Waals surface area contributed by atoms with E-state index in [0.29, 0.717) is 29.3 Å². The molecule has 1 aromatic heterocycles. The molecule has 34 heavy (non-hydrogen) atoms. The smallest absolute Gasteiger partial charge is 0.322 e. The molecule has 1 aliphatic heterocycles. The number of rotatable bonds is 6. The maximum Gasteiger partial charge on any atom is 0.406 e. The van der Waals surface area contributed by atoms with Crippen LogP contribution in [-0.2, 0) is 16.1 Å². The molecule has 2 fully saturated rings. The lowest BCUT2D eigenvalue weighted by Crippen LogP contribution is -2.51. The maximum absolute atomic E-state index is 13.2. The summed E-state index contributed by atoms with van der Waals surface area (Å²) in [5.41, 5.74) is 2.11. The molecule has 2 aromatic rings. The third-order valence-electron chi connectivity index (χ3n) is 6.08. The fourth-order valence-electron chi connectivity index (χ4n) is 4.25. The van der Waals surface area contributed by atoms with Crippen LogP contribution in [0.25, 0.3) is 11.3 Å². The number of hydrogen-bond donors (Lipinski definition) is 2. The lowest BCUT2D eigenvalue weighted by molar-refractivity contribution is -0.141. The minimum Gasteiger partial charge on any atom is -0.322 e. The summed E-state index contributed by atoms with van der Waals surface area (Å²) in [6.07, 6.45) is -0.598. The minimum absolute atomic E-state index is 0.00117. The highest BCUT2D eigenvalue weighted by molar-refractivity contribution is 7.99. The topological polar surface area (TPSA) is 96.3 Å². The third-order valence-corrected chi connectivity index (χ3v) is 7.07. The van der Waals surface area contributed by atoms with E-state index in [0.717, 1.165) is 29.2 Å². The van der Waals surface area contributed by atoms with Crippen LogP contribution in [0.3, 0.4) is 0 Å². The molecule has 0 bridgehead atoms. The van der Waals surface area contributed by atoms with Gasteiger partial charge in [0.2, 0.25) is 5.91 Å². The first-order valence-corrected chi connectivity index (χ1v) is 11.8. The first-order chi connectivity index (χ1) is 16.1. The minimum atomic E-state index is -4.49. The molecule has 1 saturated heterocycles. The van der Waals surface area contributed by atoms with Crippen molar-refractivity contribution < 1.29 is 27.6 Å². The first kappa shape index (κ1) is 24.1. The predicted molar refractivity (Wildman–Crippen MR) is 118 cm³/mol. The number of imide groups is 1. The number of halogens is 3. The number of imidazole rings is 1. The Labute approximate surface area is 198 Å². The van der Waals surface area contributed by atoms with Gasteiger partial charge >= 0.3 is 12.2 Å². The molecule has 1 saturated carbocycles. The summed E-state index contributed by atoms with van der Waals surface area (Å²) < 4.78 is 40.7. The highest BCUT2D eigenvalue weighted by atomic mass is 32.2. The summed E-state index contributed by atoms with van der Waals surface area (Å²) >= 11 is 0.795. The summed E-state index contributed by atoms with van der Waals surface area (Å²) in [4.78, 5) is 41.8. The molecule has 0 radical (unpaired) electrons. The van der Waals surface area contributed by atoms with Crippen LogP contribution in [0.2, 0.25) is 0 Å². The Morgan fingerprint density at radius 3 is 2.56 bits per heavy atom. The first-order valence-electron chi connectivity index (χ1n) is 10.8. The molecule has 4 amide bonds. The molecular weight excluding hydrogens is 471 g/mol. The van der Waals surface area contributed by atoms with E-state index in [-0.39, 0.29) is 16.6 Å². The number of urea groups is 1. The molecule has 12 heteroatoms. The fraction of sp³-hybridized carbons (Fsp3) is 0.455. The summed E-state index contributed by atoms with van der Waals surface area (Å²) in [6.45, 7) is 0.811. The van der Waals surface area contributed by atoms with Gasteiger partial charge in [-0.2, -0.15) is 18.2 Å². The van der Waals surface area contributed by atoms with Crippen molar-refractivity contribution in [2.24, 2.45) is 5.92 Å². The van der Waals surface area contributed by atoms with Crippen LogP contribution in [0.15, 0.2) is 41.7 Å². The standard InChI is InChI=1S/C22H24F3N5O3S/c1-14-7-9-21(10-8-14)18(32)30(19(33)27-21)28-17(31)12-34-20-26-11-16(15-5-3-2-4-6-15)29(20)13-22(23,24)25/h2-6,11,14H,7-10,12-13H2,1H3,(H,27,33)(H,28,31). The fourth-order valence-corrected chi connectivity index (χ4v) is 5.02. The van der Waals surface area contributed by atoms with Crippen LogP contribution in [0.5, 0.6) is 0 Å². The van der Waals surface area contributed by atoms with Gasteiger partial charge in [0.25, 0.3) is 5.91 Å². The molecule has 2 N–H and O–H groups in total. The van der Waals surface area contributed by atoms with E-state index >= 15 is 0 Å². The van der Waals surface area contributed by atoms with Gasteiger partial charge in [-0.1, -0.05) is 49.0 Å². The molecule has 0 unspecified atom stereocenters. The summed E-state index contributed by atoms with van der Waals surface area (Å²) in [5.74, 6) is -1.08. The van der Waals surface area contributed by atoms with Crippen LogP contribution in [0, 0.1) is 5.92 Å². The third kappa shape index (κ3) is 5.06. The number of aromatic nitrogens is 2. The van der Waals surface area contributed by atoms with Crippen LogP contribution >= 0.6 is 11.8 Å². The van der Waals surface area contributed by atoms with E-state index in [1.807, 2.05) is 0 Å². The summed E-state index contributed by atoms with van der Waals surface area (Å²) in [7, 11) is 0. The Bertz CT molecular complexity index is 1080. The van der Waals surface area contributed by atoms with Crippen molar-refractivity contribution in [3.8, 4) is 11.3 Å². The average molecular weight is 496 g/mol. The highest BCUT2D eigenvalue weighted by Gasteiger charge is 2.52. The lowest BCUT2D eigenvalue weighted by atomic mass is 9.77. The van der Waals surface area contributed by atoms with Crippen molar-refractivity contribution >= 4 is 29.6 Å². The van der Waals surface area contributed by atoms with Crippen molar-refractivity contribution in [1.29, 1.82) is 0 Å². The van der Waals surface area contributed by atoms with Gasteiger partial charge in [-0.05, 0) is 37.2 Å². The van der Waals surface area contributed by atoms with Crippen molar-refractivity contribution in [3.05, 3.63) is 36.5 Å². The second-order valence-electron chi connectivity index (χ2n) is 8.65. The number of thioether (sulfide) groups is 1. The molecule has 4 rings (SSSR count). The van der Waals surface area contributed by atoms with E-state index in [4.69, 9.17) is 0 Å². The molecule has 1 aliphatic carbocycles. The highest BCUT2D eigenvalue weighted by Crippen LogP contribution is 2.36. The number of amides is 4. The number of nitrogens with one attached hydrogen (secondary N) is 2. The van der Waals surface area contributed by atoms with Crippen LogP contribution in [0.4, 0.5) is 18.0 Å². The largest absolute Gasteiger partial charge is 0.406 e. The lowest BCUT2D eigenvalue weighted by Gasteiger charge is -2.33. The SMILES string of the molecule is CC1CCC2(CC1)NC(=O)N(NC(=O)CSc1ncc(-c3ccccc3)n1CC(F)(F)F)C2=O. The number of nitrogens with zero attached hydrogens (tertiary/aromatic N) is 3. The predicted octanol–water partition coefficient (Wildman–Crippen LogP) is 3.74. The van der Waals surface area contributed by atoms with Gasteiger partial charge in [-0.15, -0.1) is 0 Å². The second-order valence-corrected chi connectivity index (χ2v) is 9.59. The van der Waals surface area contributed by atoms with E-state index in [2.05, 4.69) is 22.7 Å². The van der Waals surface area contributed by atoms with Crippen molar-refractivity contribution in [2.45, 2.75) is 56.0 Å². The Morgan fingerprint density at radius 2 is 1.91 bits per heavy atom. The van der Waals surface area contributed by atoms with Crippen LogP contribution < -0.4 is 10.7 Å². The summed E-state index contributed by atoms with van der Waals surface area (Å²) in [5, 5.41) is 3.38. The Hall–Kier alpha value is -3.02. The molecule has 1 spiro atoms. The molecule has 1 aromatic carbocycles. The monoisotopic (exact) mass is 495 g/mol. The number of alkyl halides is 3. The Balaban J connectivity index is 1.43. The second kappa shape index (κ2) is 9.32. The zero-order chi connectivity index (χ0) is 24.5. The van der Waals surface area contributed by atoms with E-state index < -0.39 is 36.1 Å². The van der Waals surface area contributed by atoms with Gasteiger partial charge in [0.05, 0.1) is 17.6 Å². The number of hydrogen-bond acceptors (Lipinski definition) is 5. The Kier molecular flexibility index (Phi) is 6.61. The number of carbonyl (C=O) groups excluding carboxylic acids is 3. The molecule has 2 heterocycles. The average Bonchev–Trinajstić information content (AvgIpc) is 3.27. The number of hydrazine groups is 1. The van der Waals surface area contributed by atoms with Crippen molar-refractivity contribution in [1.82, 2.24) is 25.3 Å². The van der Waals surface area contributed by atoms with Gasteiger partial charge < -0.3 is 9.88 Å². The molecule has 182 valence electrons. The molecule has 2 aliphatic rings. The van der Waals surface area contributed by atoms with Gasteiger partial charge in [-0.25, -0.2) is 9.78 Å². The van der Waals surface area contributed by atoms with Crippen molar-refractivity contribution in [3.63, 3.8) is 0 Å². The Morgan fingerprint density at radius 1 is 1.24 bits per heavy atom. The molecule has 8 nitrogen and oxygen atoms in total. The quantitative estimate of drug-likeness (QED) is 0.470. The van der Waals surface area contributed by atoms with Crippen LogP contribution in [-0.4, -0.2) is 49.9 Å². The van der Waals surface area contributed by atoms with Crippen LogP contribution in [0.1, 0.15) is 32.6 Å². The molecular formula is C22H24F3N5O3S. The summed E-state index contributed by atoms with van der Waals surface area (Å²) in [6, 6.07) is 7.80. The van der Waals surface area contributed by atoms with Gasteiger partial charge in [0.1, 0.15) is 12.1 Å². The maximum atomic E-state index is 13.2. The van der Waals surface area contributed by atoms with Gasteiger partial charge in [0.15, 0.2) is 5.16 Å². The van der Waals surface area contributed by atoms with E-state index in [1.54, 1.807) is 30.3 Å². The molecule has 0 atom stereocenters. The zero-order valence-electron chi connectivity index (χ0n) is 18.4. The zero-order valence-corrected chi connectivity index (χ0v) is 19.2. The van der Waals surface area contributed by atoms with Gasteiger partial charge in [0, 0.05) is 0 Å². The number of benzene rings is 1. The van der Waals surface area contributed by atoms with E-state index in [1.165, 1.54) is 6.20 Å². The van der Waals surface area contributed by atoms with Gasteiger partial charge in [-0.3, -0.25) is 15.0 Å².